The van der Waals surface area contributed by atoms with E-state index in [-0.39, 0.29) is 18.3 Å². The molecular formula is C22H30O4. The fourth-order valence-electron chi connectivity index (χ4n) is 3.58. The van der Waals surface area contributed by atoms with Gasteiger partial charge >= 0.3 is 11.9 Å². The maximum Gasteiger partial charge on any atom is 0.345 e. The highest BCUT2D eigenvalue weighted by Crippen LogP contribution is 2.35. The van der Waals surface area contributed by atoms with E-state index >= 15 is 0 Å². The summed E-state index contributed by atoms with van der Waals surface area (Å²) in [6, 6.07) is 9.28. The second kappa shape index (κ2) is 9.56. The summed E-state index contributed by atoms with van der Waals surface area (Å²) in [5, 5.41) is 0. The van der Waals surface area contributed by atoms with Crippen molar-refractivity contribution in [3.63, 3.8) is 0 Å². The van der Waals surface area contributed by atoms with E-state index in [1.807, 2.05) is 30.3 Å². The molecule has 0 saturated heterocycles. The summed E-state index contributed by atoms with van der Waals surface area (Å²) in [7, 11) is 0. The lowest BCUT2D eigenvalue weighted by Crippen LogP contribution is -2.36. The number of carbonyl (C=O) groups is 2. The van der Waals surface area contributed by atoms with Crippen LogP contribution in [0.4, 0.5) is 0 Å². The van der Waals surface area contributed by atoms with E-state index in [4.69, 9.17) is 9.47 Å². The first-order chi connectivity index (χ1) is 12.4. The topological polar surface area (TPSA) is 52.6 Å². The van der Waals surface area contributed by atoms with Crippen LogP contribution in [0.15, 0.2) is 35.9 Å². The van der Waals surface area contributed by atoms with Crippen molar-refractivity contribution in [1.29, 1.82) is 0 Å². The van der Waals surface area contributed by atoms with Crippen molar-refractivity contribution in [2.75, 3.05) is 6.61 Å². The second-order valence-corrected chi connectivity index (χ2v) is 7.46. The van der Waals surface area contributed by atoms with E-state index in [9.17, 15) is 9.59 Å². The van der Waals surface area contributed by atoms with Gasteiger partial charge in [-0.25, -0.2) is 9.59 Å². The van der Waals surface area contributed by atoms with Gasteiger partial charge in [0.15, 0.2) is 0 Å². The van der Waals surface area contributed by atoms with Crippen molar-refractivity contribution < 1.29 is 19.1 Å². The zero-order valence-electron chi connectivity index (χ0n) is 16.2. The monoisotopic (exact) mass is 358 g/mol. The lowest BCUT2D eigenvalue weighted by Gasteiger charge is -2.36. The molecule has 0 N–H and O–H groups in total. The largest absolute Gasteiger partial charge is 0.462 e. The number of carbonyl (C=O) groups excluding carboxylic acids is 2. The van der Waals surface area contributed by atoms with Gasteiger partial charge in [-0.3, -0.25) is 0 Å². The maximum atomic E-state index is 12.8. The molecule has 3 atom stereocenters. The summed E-state index contributed by atoms with van der Waals surface area (Å²) in [5.41, 5.74) is 0.726. The van der Waals surface area contributed by atoms with Crippen molar-refractivity contribution in [3.05, 3.63) is 41.5 Å². The molecule has 1 saturated carbocycles. The molecule has 4 heteroatoms. The Balaban J connectivity index is 2.22. The van der Waals surface area contributed by atoms with Crippen molar-refractivity contribution in [3.8, 4) is 0 Å². The highest BCUT2D eigenvalue weighted by atomic mass is 16.6. The number of rotatable bonds is 6. The van der Waals surface area contributed by atoms with Crippen LogP contribution in [-0.2, 0) is 19.1 Å². The summed E-state index contributed by atoms with van der Waals surface area (Å²) in [4.78, 5) is 25.1. The summed E-state index contributed by atoms with van der Waals surface area (Å²) in [6.07, 6.45) is 4.45. The summed E-state index contributed by atoms with van der Waals surface area (Å²) >= 11 is 0. The molecule has 142 valence electrons. The summed E-state index contributed by atoms with van der Waals surface area (Å²) < 4.78 is 10.9. The molecule has 26 heavy (non-hydrogen) atoms. The Bertz CT molecular complexity index is 633. The second-order valence-electron chi connectivity index (χ2n) is 7.46. The number of ether oxygens (including phenoxy) is 2. The molecule has 0 amide bonds. The predicted molar refractivity (Wildman–Crippen MR) is 102 cm³/mol. The lowest BCUT2D eigenvalue weighted by atomic mass is 9.75. The van der Waals surface area contributed by atoms with Gasteiger partial charge in [-0.05, 0) is 49.2 Å². The molecule has 1 aromatic rings. The van der Waals surface area contributed by atoms with Gasteiger partial charge in [0.25, 0.3) is 0 Å². The third kappa shape index (κ3) is 5.45. The molecule has 1 fully saturated rings. The molecule has 1 aromatic carbocycles. The van der Waals surface area contributed by atoms with Crippen LogP contribution in [0.25, 0.3) is 6.08 Å². The standard InChI is InChI=1S/C22H30O4/c1-5-25-21(23)19(14-17-9-7-6-8-10-17)22(24)26-20-13-16(4)11-12-18(20)15(2)3/h6-10,14-16,18,20H,5,11-13H2,1-4H3/b19-14-/t16-,18+,20+/m1/s1. The molecule has 1 aliphatic rings. The van der Waals surface area contributed by atoms with Gasteiger partial charge in [0, 0.05) is 0 Å². The van der Waals surface area contributed by atoms with Gasteiger partial charge in [-0.2, -0.15) is 0 Å². The molecule has 0 unspecified atom stereocenters. The van der Waals surface area contributed by atoms with E-state index in [1.54, 1.807) is 13.0 Å². The van der Waals surface area contributed by atoms with Crippen molar-refractivity contribution in [1.82, 2.24) is 0 Å². The average Bonchev–Trinajstić information content (AvgIpc) is 2.60. The predicted octanol–water partition coefficient (Wildman–Crippen LogP) is 4.64. The first-order valence-electron chi connectivity index (χ1n) is 9.57. The highest BCUT2D eigenvalue weighted by Gasteiger charge is 2.35. The normalized spacial score (nSPS) is 23.6. The van der Waals surface area contributed by atoms with Crippen LogP contribution in [0, 0.1) is 17.8 Å². The Kier molecular flexibility index (Phi) is 7.43. The fourth-order valence-corrected chi connectivity index (χ4v) is 3.58. The smallest absolute Gasteiger partial charge is 0.345 e. The molecule has 0 aliphatic heterocycles. The van der Waals surface area contributed by atoms with Crippen molar-refractivity contribution >= 4 is 18.0 Å². The van der Waals surface area contributed by atoms with Gasteiger partial charge in [-0.1, -0.05) is 57.5 Å². The van der Waals surface area contributed by atoms with Crippen LogP contribution in [0.1, 0.15) is 52.5 Å². The molecule has 0 bridgehead atoms. The molecule has 0 heterocycles. The molecule has 0 aromatic heterocycles. The van der Waals surface area contributed by atoms with Gasteiger partial charge in [0.05, 0.1) is 6.61 Å². The zero-order valence-corrected chi connectivity index (χ0v) is 16.2. The zero-order chi connectivity index (χ0) is 19.1. The summed E-state index contributed by atoms with van der Waals surface area (Å²) in [5.74, 6) is 0.0649. The van der Waals surface area contributed by atoms with E-state index in [2.05, 4.69) is 20.8 Å². The number of hydrogen-bond acceptors (Lipinski definition) is 4. The lowest BCUT2D eigenvalue weighted by molar-refractivity contribution is -0.154. The minimum absolute atomic E-state index is 0.0428. The van der Waals surface area contributed by atoms with Crippen molar-refractivity contribution in [2.45, 2.75) is 53.1 Å². The van der Waals surface area contributed by atoms with Crippen LogP contribution < -0.4 is 0 Å². The SMILES string of the molecule is CCOC(=O)/C(=C/c1ccccc1)C(=O)O[C@H]1C[C@H](C)CC[C@H]1C(C)C. The van der Waals surface area contributed by atoms with Crippen LogP contribution >= 0.6 is 0 Å². The van der Waals surface area contributed by atoms with Gasteiger partial charge < -0.3 is 9.47 Å². The third-order valence-electron chi connectivity index (χ3n) is 5.05. The fraction of sp³-hybridized carbons (Fsp3) is 0.545. The van der Waals surface area contributed by atoms with E-state index in [1.165, 1.54) is 0 Å². The van der Waals surface area contributed by atoms with Gasteiger partial charge in [0.1, 0.15) is 11.7 Å². The number of benzene rings is 1. The van der Waals surface area contributed by atoms with Crippen molar-refractivity contribution in [2.24, 2.45) is 17.8 Å². The highest BCUT2D eigenvalue weighted by molar-refractivity contribution is 6.17. The molecular weight excluding hydrogens is 328 g/mol. The Labute approximate surface area is 156 Å². The molecule has 4 nitrogen and oxygen atoms in total. The van der Waals surface area contributed by atoms with E-state index < -0.39 is 11.9 Å². The Hall–Kier alpha value is -2.10. The molecule has 2 rings (SSSR count). The minimum atomic E-state index is -0.633. The van der Waals surface area contributed by atoms with Gasteiger partial charge in [-0.15, -0.1) is 0 Å². The first kappa shape index (κ1) is 20.2. The van der Waals surface area contributed by atoms with Crippen LogP contribution in [-0.4, -0.2) is 24.6 Å². The third-order valence-corrected chi connectivity index (χ3v) is 5.05. The van der Waals surface area contributed by atoms with Crippen LogP contribution in [0.5, 0.6) is 0 Å². The molecule has 0 spiro atoms. The molecule has 0 radical (unpaired) electrons. The maximum absolute atomic E-state index is 12.8. The van der Waals surface area contributed by atoms with E-state index in [0.717, 1.165) is 24.8 Å². The van der Waals surface area contributed by atoms with E-state index in [0.29, 0.717) is 17.8 Å². The number of esters is 2. The Morgan fingerprint density at radius 3 is 2.46 bits per heavy atom. The first-order valence-corrected chi connectivity index (χ1v) is 9.57. The van der Waals surface area contributed by atoms with Crippen LogP contribution in [0.3, 0.4) is 0 Å². The van der Waals surface area contributed by atoms with Gasteiger partial charge in [0.2, 0.25) is 0 Å². The number of hydrogen-bond donors (Lipinski definition) is 0. The Morgan fingerprint density at radius 2 is 1.85 bits per heavy atom. The average molecular weight is 358 g/mol. The quantitative estimate of drug-likeness (QED) is 0.322. The van der Waals surface area contributed by atoms with Crippen LogP contribution in [0.2, 0.25) is 0 Å². The molecule has 1 aliphatic carbocycles. The summed E-state index contributed by atoms with van der Waals surface area (Å²) in [6.45, 7) is 8.44. The minimum Gasteiger partial charge on any atom is -0.462 e. The Morgan fingerprint density at radius 1 is 1.15 bits per heavy atom.